The van der Waals surface area contributed by atoms with E-state index in [0.29, 0.717) is 5.37 Å². The van der Waals surface area contributed by atoms with Crippen LogP contribution in [0.1, 0.15) is 0 Å². The molecule has 0 aliphatic carbocycles. The highest BCUT2D eigenvalue weighted by molar-refractivity contribution is 8.77. The van der Waals surface area contributed by atoms with Gasteiger partial charge in [0.15, 0.2) is 0 Å². The van der Waals surface area contributed by atoms with E-state index in [0.717, 1.165) is 5.84 Å². The van der Waals surface area contributed by atoms with E-state index in [2.05, 4.69) is 14.6 Å². The molecule has 36 valence electrons. The molecule has 0 aromatic heterocycles. The summed E-state index contributed by atoms with van der Waals surface area (Å²) in [7, 11) is 3.20. The van der Waals surface area contributed by atoms with Gasteiger partial charge < -0.3 is 0 Å². The predicted molar refractivity (Wildman–Crippen MR) is 29.8 cm³/mol. The van der Waals surface area contributed by atoms with Crippen LogP contribution in [0.25, 0.3) is 0 Å². The maximum Gasteiger partial charge on any atom is 0.299 e. The van der Waals surface area contributed by atoms with E-state index >= 15 is 0 Å². The number of fused-ring (bicyclic) bond motifs is 1. The van der Waals surface area contributed by atoms with E-state index < -0.39 is 0 Å². The molecule has 1 atom stereocenters. The maximum atomic E-state index is 3.97. The third kappa shape index (κ3) is 0.420. The number of hydrogen-bond acceptors (Lipinski definition) is 4. The van der Waals surface area contributed by atoms with Crippen molar-refractivity contribution >= 4 is 27.6 Å². The van der Waals surface area contributed by atoms with Crippen LogP contribution in [-0.4, -0.2) is 11.2 Å². The summed E-state index contributed by atoms with van der Waals surface area (Å²) in [6.07, 6.45) is 0. The molecule has 0 radical (unpaired) electrons. The highest BCUT2D eigenvalue weighted by atomic mass is 33.1. The maximum absolute atomic E-state index is 3.97. The molecule has 0 aromatic carbocycles. The zero-order chi connectivity index (χ0) is 4.69. The van der Waals surface area contributed by atoms with Gasteiger partial charge in [0.1, 0.15) is 0 Å². The summed E-state index contributed by atoms with van der Waals surface area (Å²) >= 11 is 0. The summed E-state index contributed by atoms with van der Waals surface area (Å²) in [6.45, 7) is 0. The first-order valence-electron chi connectivity index (χ1n) is 1.83. The molecule has 2 rings (SSSR count). The fourth-order valence-electron chi connectivity index (χ4n) is 0.411. The lowest BCUT2D eigenvalue weighted by molar-refractivity contribution is -0.549. The summed E-state index contributed by atoms with van der Waals surface area (Å²) in [6, 6.07) is 0. The Morgan fingerprint density at radius 3 is 3.00 bits per heavy atom. The number of nitrogens with zero attached hydrogens (tertiary/aromatic N) is 2. The lowest BCUT2D eigenvalue weighted by Gasteiger charge is -1.96. The Labute approximate surface area is 48.2 Å². The highest BCUT2D eigenvalue weighted by Gasteiger charge is 2.37. The molecule has 2 aliphatic rings. The molecule has 3 nitrogen and oxygen atoms in total. The first-order valence-corrected chi connectivity index (χ1v) is 4.00. The van der Waals surface area contributed by atoms with E-state index in [4.69, 9.17) is 0 Å². The molecule has 1 N–H and O–H groups in total. The van der Waals surface area contributed by atoms with E-state index in [1.165, 1.54) is 11.0 Å². The molecule has 0 aromatic rings. The van der Waals surface area contributed by atoms with E-state index in [-0.39, 0.29) is 0 Å². The van der Waals surface area contributed by atoms with Gasteiger partial charge in [0.05, 0.1) is 11.0 Å². The van der Waals surface area contributed by atoms with Crippen molar-refractivity contribution in [2.75, 3.05) is 0 Å². The SMILES string of the molecule is N1=[NH+]C2SSN=C12. The van der Waals surface area contributed by atoms with E-state index in [9.17, 15) is 0 Å². The summed E-state index contributed by atoms with van der Waals surface area (Å²) in [4.78, 5) is 0. The van der Waals surface area contributed by atoms with Crippen molar-refractivity contribution in [3.05, 3.63) is 0 Å². The average Bonchev–Trinajstić information content (AvgIpc) is 1.85. The zero-order valence-corrected chi connectivity index (χ0v) is 4.92. The summed E-state index contributed by atoms with van der Waals surface area (Å²) < 4.78 is 3.97. The van der Waals surface area contributed by atoms with Crippen LogP contribution in [0.2, 0.25) is 0 Å². The van der Waals surface area contributed by atoms with Crippen molar-refractivity contribution in [1.29, 1.82) is 0 Å². The molecule has 0 saturated heterocycles. The fraction of sp³-hybridized carbons (Fsp3) is 0.500. The number of azo groups is 1. The Kier molecular flexibility index (Phi) is 0.685. The summed E-state index contributed by atoms with van der Waals surface area (Å²) in [5.74, 6) is 0.954. The second kappa shape index (κ2) is 1.23. The minimum absolute atomic E-state index is 0.407. The largest absolute Gasteiger partial charge is 0.299 e. The number of rotatable bonds is 0. The van der Waals surface area contributed by atoms with Gasteiger partial charge in [-0.15, -0.1) is 5.11 Å². The van der Waals surface area contributed by atoms with Gasteiger partial charge in [0.2, 0.25) is 0 Å². The molecule has 2 heterocycles. The van der Waals surface area contributed by atoms with Gasteiger partial charge in [-0.25, -0.2) is 0 Å². The van der Waals surface area contributed by atoms with Crippen molar-refractivity contribution in [2.45, 2.75) is 5.37 Å². The fourth-order valence-corrected chi connectivity index (χ4v) is 2.12. The van der Waals surface area contributed by atoms with Crippen molar-refractivity contribution in [2.24, 2.45) is 9.51 Å². The number of hydrogen-bond donors (Lipinski definition) is 1. The van der Waals surface area contributed by atoms with Crippen molar-refractivity contribution < 1.29 is 5.11 Å². The topological polar surface area (TPSA) is 38.7 Å². The van der Waals surface area contributed by atoms with Crippen LogP contribution in [0.5, 0.6) is 0 Å². The Morgan fingerprint density at radius 2 is 2.71 bits per heavy atom. The smallest absolute Gasteiger partial charge is 0.176 e. The molecule has 0 amide bonds. The second-order valence-corrected chi connectivity index (χ2v) is 3.26. The Morgan fingerprint density at radius 1 is 1.71 bits per heavy atom. The van der Waals surface area contributed by atoms with Gasteiger partial charge in [0, 0.05) is 15.9 Å². The molecule has 0 saturated carbocycles. The van der Waals surface area contributed by atoms with Crippen molar-refractivity contribution in [3.63, 3.8) is 0 Å². The predicted octanol–water partition coefficient (Wildman–Crippen LogP) is -0.433. The van der Waals surface area contributed by atoms with Gasteiger partial charge in [0.25, 0.3) is 11.2 Å². The third-order valence-corrected chi connectivity index (χ3v) is 2.72. The molecular weight excluding hydrogens is 130 g/mol. The van der Waals surface area contributed by atoms with Crippen molar-refractivity contribution in [1.82, 2.24) is 0 Å². The van der Waals surface area contributed by atoms with Crippen LogP contribution in [-0.2, 0) is 0 Å². The Bertz CT molecular complexity index is 151. The van der Waals surface area contributed by atoms with Gasteiger partial charge in [-0.3, -0.25) is 0 Å². The number of nitrogens with one attached hydrogen (secondary N) is 1. The van der Waals surface area contributed by atoms with Crippen LogP contribution >= 0.6 is 21.8 Å². The Hall–Kier alpha value is -0.0300. The quantitative estimate of drug-likeness (QED) is 0.359. The molecule has 0 bridgehead atoms. The lowest BCUT2D eigenvalue weighted by atomic mass is 10.6. The van der Waals surface area contributed by atoms with Gasteiger partial charge in [-0.2, -0.15) is 4.40 Å². The van der Waals surface area contributed by atoms with Gasteiger partial charge in [-0.05, 0) is 0 Å². The van der Waals surface area contributed by atoms with Crippen LogP contribution in [0.15, 0.2) is 9.51 Å². The lowest BCUT2D eigenvalue weighted by Crippen LogP contribution is -2.82. The standard InChI is InChI=1S/C2HN3S2/c3-1-2(4-3)6-7-5-1/h2H/p+1. The molecular formula is C2H2N3S2+. The first kappa shape index (κ1) is 3.91. The average molecular weight is 132 g/mol. The minimum Gasteiger partial charge on any atom is -0.176 e. The summed E-state index contributed by atoms with van der Waals surface area (Å²) in [5, 5.41) is 7.04. The van der Waals surface area contributed by atoms with E-state index in [1.807, 2.05) is 0 Å². The first-order chi connectivity index (χ1) is 3.47. The zero-order valence-electron chi connectivity index (χ0n) is 3.29. The van der Waals surface area contributed by atoms with Crippen LogP contribution < -0.4 is 5.11 Å². The van der Waals surface area contributed by atoms with Crippen LogP contribution in [0.3, 0.4) is 0 Å². The Balaban J connectivity index is 2.38. The normalized spacial score (nSPS) is 34.3. The molecule has 0 fully saturated rings. The molecule has 2 aliphatic heterocycles. The second-order valence-electron chi connectivity index (χ2n) is 1.24. The molecule has 1 unspecified atom stereocenters. The van der Waals surface area contributed by atoms with Gasteiger partial charge >= 0.3 is 0 Å². The monoisotopic (exact) mass is 132 g/mol. The van der Waals surface area contributed by atoms with Gasteiger partial charge in [-0.1, -0.05) is 0 Å². The minimum atomic E-state index is 0.407. The summed E-state index contributed by atoms with van der Waals surface area (Å²) in [5.41, 5.74) is 0. The molecule has 7 heavy (non-hydrogen) atoms. The number of amidine groups is 1. The van der Waals surface area contributed by atoms with Crippen molar-refractivity contribution in [3.8, 4) is 0 Å². The van der Waals surface area contributed by atoms with Crippen LogP contribution in [0, 0.1) is 0 Å². The third-order valence-electron chi connectivity index (χ3n) is 0.801. The van der Waals surface area contributed by atoms with E-state index in [1.54, 1.807) is 10.8 Å². The molecule has 0 spiro atoms. The van der Waals surface area contributed by atoms with Crippen LogP contribution in [0.4, 0.5) is 0 Å². The molecule has 5 heteroatoms. The highest BCUT2D eigenvalue weighted by Crippen LogP contribution is 2.34.